The second-order valence-corrected chi connectivity index (χ2v) is 8.86. The fourth-order valence-electron chi connectivity index (χ4n) is 3.88. The van der Waals surface area contributed by atoms with Crippen molar-refractivity contribution in [3.63, 3.8) is 0 Å². The van der Waals surface area contributed by atoms with Crippen molar-refractivity contribution in [2.75, 3.05) is 5.32 Å². The van der Waals surface area contributed by atoms with Gasteiger partial charge in [0.1, 0.15) is 4.83 Å². The van der Waals surface area contributed by atoms with Crippen LogP contribution in [0.4, 0.5) is 5.69 Å². The summed E-state index contributed by atoms with van der Waals surface area (Å²) >= 11 is 1.49. The molecule has 0 saturated heterocycles. The molecule has 0 fully saturated rings. The van der Waals surface area contributed by atoms with Gasteiger partial charge in [0.15, 0.2) is 0 Å². The molecule has 5 heteroatoms. The first kappa shape index (κ1) is 20.2. The maximum atomic E-state index is 13.1. The van der Waals surface area contributed by atoms with E-state index in [0.29, 0.717) is 11.4 Å². The minimum atomic E-state index is -0.0858. The highest BCUT2D eigenvalue weighted by Crippen LogP contribution is 2.30. The van der Waals surface area contributed by atoms with Crippen molar-refractivity contribution in [3.05, 3.63) is 118 Å². The second kappa shape index (κ2) is 8.81. The predicted octanol–water partition coefficient (Wildman–Crippen LogP) is 6.30. The van der Waals surface area contributed by atoms with Gasteiger partial charge in [-0.25, -0.2) is 0 Å². The van der Waals surface area contributed by atoms with Crippen LogP contribution in [-0.4, -0.2) is 15.7 Å². The van der Waals surface area contributed by atoms with Crippen LogP contribution in [0.3, 0.4) is 0 Å². The Morgan fingerprint density at radius 3 is 2.31 bits per heavy atom. The number of benzene rings is 3. The molecule has 5 aromatic rings. The number of thiophene rings is 1. The number of nitrogens with one attached hydrogen (secondary N) is 1. The van der Waals surface area contributed by atoms with Crippen LogP contribution in [0.5, 0.6) is 0 Å². The molecule has 5 rings (SSSR count). The number of amides is 1. The van der Waals surface area contributed by atoms with E-state index in [1.165, 1.54) is 22.5 Å². The summed E-state index contributed by atoms with van der Waals surface area (Å²) in [6.07, 6.45) is 0.773. The monoisotopic (exact) mass is 437 g/mol. The lowest BCUT2D eigenvalue weighted by Gasteiger charge is -2.10. The quantitative estimate of drug-likeness (QED) is 0.339. The Morgan fingerprint density at radius 2 is 1.56 bits per heavy atom. The highest BCUT2D eigenvalue weighted by atomic mass is 32.1. The number of para-hydroxylation sites is 1. The number of aromatic nitrogens is 2. The lowest BCUT2D eigenvalue weighted by Crippen LogP contribution is -2.12. The number of carbonyl (C=O) groups is 1. The fourth-order valence-corrected chi connectivity index (χ4v) is 4.94. The molecule has 0 aliphatic heterocycles. The summed E-state index contributed by atoms with van der Waals surface area (Å²) in [4.78, 5) is 14.9. The van der Waals surface area contributed by atoms with Gasteiger partial charge >= 0.3 is 0 Å². The fraction of sp³-hybridized carbons (Fsp3) is 0.111. The van der Waals surface area contributed by atoms with Gasteiger partial charge in [0.25, 0.3) is 5.91 Å². The highest BCUT2D eigenvalue weighted by molar-refractivity contribution is 7.20. The Hall–Kier alpha value is -3.70. The summed E-state index contributed by atoms with van der Waals surface area (Å²) in [5.74, 6) is -0.0858. The van der Waals surface area contributed by atoms with Crippen molar-refractivity contribution in [2.45, 2.75) is 19.9 Å². The van der Waals surface area contributed by atoms with E-state index in [2.05, 4.69) is 40.7 Å². The third-order valence-corrected chi connectivity index (χ3v) is 6.66. The van der Waals surface area contributed by atoms with Crippen LogP contribution in [0.1, 0.15) is 32.1 Å². The van der Waals surface area contributed by atoms with Crippen molar-refractivity contribution in [3.8, 4) is 0 Å². The van der Waals surface area contributed by atoms with Gasteiger partial charge in [-0.05, 0) is 42.2 Å². The first-order chi connectivity index (χ1) is 15.7. The van der Waals surface area contributed by atoms with E-state index >= 15 is 0 Å². The molecule has 0 spiro atoms. The van der Waals surface area contributed by atoms with E-state index < -0.39 is 0 Å². The molecule has 158 valence electrons. The Kier molecular flexibility index (Phi) is 5.57. The van der Waals surface area contributed by atoms with Crippen molar-refractivity contribution >= 4 is 33.1 Å². The Labute approximate surface area is 191 Å². The molecule has 0 unspecified atom stereocenters. The second-order valence-electron chi connectivity index (χ2n) is 7.83. The van der Waals surface area contributed by atoms with Gasteiger partial charge in [0.05, 0.1) is 17.1 Å². The van der Waals surface area contributed by atoms with Crippen LogP contribution >= 0.6 is 11.3 Å². The zero-order valence-electron chi connectivity index (χ0n) is 17.8. The van der Waals surface area contributed by atoms with E-state index in [0.717, 1.165) is 33.6 Å². The Bertz CT molecular complexity index is 1370. The number of hydrogen-bond acceptors (Lipinski definition) is 3. The molecular formula is C27H23N3OS. The van der Waals surface area contributed by atoms with E-state index in [-0.39, 0.29) is 5.91 Å². The summed E-state index contributed by atoms with van der Waals surface area (Å²) in [7, 11) is 0. The van der Waals surface area contributed by atoms with E-state index in [4.69, 9.17) is 0 Å². The maximum Gasteiger partial charge on any atom is 0.265 e. The van der Waals surface area contributed by atoms with Gasteiger partial charge in [-0.15, -0.1) is 11.3 Å². The summed E-state index contributed by atoms with van der Waals surface area (Å²) in [5, 5.41) is 8.85. The lowest BCUT2D eigenvalue weighted by atomic mass is 10.0. The molecule has 0 radical (unpaired) electrons. The third-order valence-electron chi connectivity index (χ3n) is 5.51. The summed E-state index contributed by atoms with van der Waals surface area (Å²) in [6, 6.07) is 30.5. The van der Waals surface area contributed by atoms with Crippen molar-refractivity contribution in [1.29, 1.82) is 0 Å². The molecule has 0 atom stereocenters. The molecule has 0 aliphatic carbocycles. The van der Waals surface area contributed by atoms with Gasteiger partial charge in [0.2, 0.25) is 0 Å². The van der Waals surface area contributed by atoms with Crippen molar-refractivity contribution in [1.82, 2.24) is 9.78 Å². The first-order valence-corrected chi connectivity index (χ1v) is 11.4. The molecule has 2 aromatic heterocycles. The van der Waals surface area contributed by atoms with Gasteiger partial charge in [0, 0.05) is 11.1 Å². The molecule has 2 heterocycles. The van der Waals surface area contributed by atoms with Crippen LogP contribution in [-0.2, 0) is 13.0 Å². The standard InChI is InChI=1S/C27H23N3OS/c1-19-23-17-25(32-27(23)30(29-19)18-21-12-6-3-7-13-21)26(31)28-24-15-9-8-14-22(24)16-20-10-4-2-5-11-20/h2-15,17H,16,18H2,1H3,(H,28,31). The molecule has 3 aromatic carbocycles. The van der Waals surface area contributed by atoms with E-state index in [1.807, 2.05) is 72.3 Å². The van der Waals surface area contributed by atoms with E-state index in [9.17, 15) is 4.79 Å². The van der Waals surface area contributed by atoms with Crippen LogP contribution < -0.4 is 5.32 Å². The topological polar surface area (TPSA) is 46.9 Å². The normalized spacial score (nSPS) is 11.0. The van der Waals surface area contributed by atoms with Gasteiger partial charge in [-0.2, -0.15) is 5.10 Å². The predicted molar refractivity (Wildman–Crippen MR) is 132 cm³/mol. The molecule has 1 N–H and O–H groups in total. The molecule has 1 amide bonds. The number of rotatable bonds is 6. The number of carbonyl (C=O) groups excluding carboxylic acids is 1. The number of aryl methyl sites for hydroxylation is 1. The average Bonchev–Trinajstić information content (AvgIpc) is 3.38. The van der Waals surface area contributed by atoms with Gasteiger partial charge < -0.3 is 5.32 Å². The highest BCUT2D eigenvalue weighted by Gasteiger charge is 2.17. The summed E-state index contributed by atoms with van der Waals surface area (Å²) < 4.78 is 1.99. The SMILES string of the molecule is Cc1nn(Cc2ccccc2)c2sc(C(=O)Nc3ccccc3Cc3ccccc3)cc12. The molecule has 4 nitrogen and oxygen atoms in total. The smallest absolute Gasteiger partial charge is 0.265 e. The Balaban J connectivity index is 1.40. The van der Waals surface area contributed by atoms with Crippen LogP contribution in [0.2, 0.25) is 0 Å². The molecule has 0 aliphatic rings. The lowest BCUT2D eigenvalue weighted by molar-refractivity contribution is 0.103. The average molecular weight is 438 g/mol. The largest absolute Gasteiger partial charge is 0.321 e. The number of nitrogens with zero attached hydrogens (tertiary/aromatic N) is 2. The molecular weight excluding hydrogens is 414 g/mol. The zero-order valence-corrected chi connectivity index (χ0v) is 18.6. The molecule has 0 saturated carbocycles. The van der Waals surface area contributed by atoms with Crippen LogP contribution in [0.15, 0.2) is 91.0 Å². The zero-order chi connectivity index (χ0) is 21.9. The van der Waals surface area contributed by atoms with Gasteiger partial charge in [-0.3, -0.25) is 9.48 Å². The van der Waals surface area contributed by atoms with Gasteiger partial charge in [-0.1, -0.05) is 78.9 Å². The third kappa shape index (κ3) is 4.20. The number of anilines is 1. The maximum absolute atomic E-state index is 13.1. The minimum Gasteiger partial charge on any atom is -0.321 e. The van der Waals surface area contributed by atoms with Crippen molar-refractivity contribution < 1.29 is 4.79 Å². The number of hydrogen-bond donors (Lipinski definition) is 1. The van der Waals surface area contributed by atoms with E-state index in [1.54, 1.807) is 0 Å². The van der Waals surface area contributed by atoms with Crippen LogP contribution in [0, 0.1) is 6.92 Å². The first-order valence-electron chi connectivity index (χ1n) is 10.6. The summed E-state index contributed by atoms with van der Waals surface area (Å²) in [6.45, 7) is 2.68. The Morgan fingerprint density at radius 1 is 0.906 bits per heavy atom. The van der Waals surface area contributed by atoms with Crippen LogP contribution in [0.25, 0.3) is 10.2 Å². The van der Waals surface area contributed by atoms with Crippen molar-refractivity contribution in [2.24, 2.45) is 0 Å². The molecule has 0 bridgehead atoms. The molecule has 32 heavy (non-hydrogen) atoms. The number of fused-ring (bicyclic) bond motifs is 1. The minimum absolute atomic E-state index is 0.0858. The summed E-state index contributed by atoms with van der Waals surface area (Å²) in [5.41, 5.74) is 5.29.